The first-order valence-electron chi connectivity index (χ1n) is 7.88. The van der Waals surface area contributed by atoms with Crippen LogP contribution in [0.1, 0.15) is 12.0 Å². The maximum absolute atomic E-state index is 12.4. The van der Waals surface area contributed by atoms with Crippen LogP contribution in [0, 0.1) is 0 Å². The molecule has 148 valence electrons. The largest absolute Gasteiger partial charge is 0.363 e. The lowest BCUT2D eigenvalue weighted by molar-refractivity contribution is -0.0458. The molecule has 0 aliphatic rings. The van der Waals surface area contributed by atoms with Crippen molar-refractivity contribution in [2.24, 2.45) is 5.14 Å². The minimum Gasteiger partial charge on any atom is -0.363 e. The summed E-state index contributed by atoms with van der Waals surface area (Å²) >= 11 is 0. The molecule has 11 heteroatoms. The Morgan fingerprint density at radius 1 is 0.893 bits per heavy atom. The highest BCUT2D eigenvalue weighted by atomic mass is 32.2. The molecule has 0 fully saturated rings. The van der Waals surface area contributed by atoms with Gasteiger partial charge in [-0.15, -0.1) is 0 Å². The monoisotopic (exact) mass is 423 g/mol. The smallest absolute Gasteiger partial charge is 0.302 e. The van der Waals surface area contributed by atoms with Gasteiger partial charge < -0.3 is 10.2 Å². The van der Waals surface area contributed by atoms with Gasteiger partial charge in [0.2, 0.25) is 0 Å². The lowest BCUT2D eigenvalue weighted by Gasteiger charge is -2.12. The fourth-order valence-corrected chi connectivity index (χ4v) is 4.45. The molecular formula is C17H17N3O6S2. The minimum atomic E-state index is -4.22. The van der Waals surface area contributed by atoms with Crippen molar-refractivity contribution in [1.82, 2.24) is 3.97 Å². The number of nitrogens with two attached hydrogens (primary N) is 1. The number of nitrogens with one attached hydrogen (secondary N) is 1. The fraction of sp³-hybridized carbons (Fsp3) is 0.0588. The van der Waals surface area contributed by atoms with Crippen molar-refractivity contribution >= 4 is 25.9 Å². The number of aliphatic hydroxyl groups is 2. The Bertz CT molecular complexity index is 1190. The molecule has 0 spiro atoms. The van der Waals surface area contributed by atoms with Crippen molar-refractivity contribution in [3.8, 4) is 11.1 Å². The van der Waals surface area contributed by atoms with E-state index < -0.39 is 26.5 Å². The second-order valence-electron chi connectivity index (χ2n) is 5.82. The van der Waals surface area contributed by atoms with Crippen molar-refractivity contribution in [1.29, 1.82) is 0 Å². The Morgan fingerprint density at radius 2 is 1.50 bits per heavy atom. The minimum absolute atomic E-state index is 0.106. The summed E-state index contributed by atoms with van der Waals surface area (Å²) in [4.78, 5) is 0.106. The molecule has 2 aromatic carbocycles. The summed E-state index contributed by atoms with van der Waals surface area (Å²) in [5.41, 5.74) is 0.624. The average molecular weight is 423 g/mol. The predicted molar refractivity (Wildman–Crippen MR) is 103 cm³/mol. The Balaban J connectivity index is 1.93. The number of anilines is 1. The molecule has 1 heterocycles. The molecular weight excluding hydrogens is 406 g/mol. The van der Waals surface area contributed by atoms with Gasteiger partial charge in [0.1, 0.15) is 0 Å². The third-order valence-electron chi connectivity index (χ3n) is 3.91. The summed E-state index contributed by atoms with van der Waals surface area (Å²) in [7, 11) is -7.98. The second kappa shape index (κ2) is 7.37. The van der Waals surface area contributed by atoms with E-state index in [9.17, 15) is 27.0 Å². The van der Waals surface area contributed by atoms with Crippen LogP contribution in [0.5, 0.6) is 0 Å². The average Bonchev–Trinajstić information content (AvgIpc) is 3.09. The summed E-state index contributed by atoms with van der Waals surface area (Å²) < 4.78 is 50.9. The van der Waals surface area contributed by atoms with E-state index in [2.05, 4.69) is 4.72 Å². The SMILES string of the molecule is NS(=O)(=O)n1ccc(-c2ccc(NS(=O)(=O)c3ccccc3)cc2)c1C(O)O. The zero-order chi connectivity index (χ0) is 20.5. The lowest BCUT2D eigenvalue weighted by atomic mass is 10.1. The van der Waals surface area contributed by atoms with E-state index in [0.29, 0.717) is 9.54 Å². The van der Waals surface area contributed by atoms with Crippen LogP contribution in [-0.2, 0) is 20.2 Å². The van der Waals surface area contributed by atoms with Crippen LogP contribution in [0.4, 0.5) is 5.69 Å². The van der Waals surface area contributed by atoms with Gasteiger partial charge in [0.05, 0.1) is 10.6 Å². The molecule has 0 saturated heterocycles. The standard InChI is InChI=1S/C17H17N3O6S2/c18-28(25,26)20-11-10-15(16(20)17(21)22)12-6-8-13(9-7-12)19-27(23,24)14-4-2-1-3-5-14/h1-11,17,19,21-22H,(H2,18,25,26). The zero-order valence-corrected chi connectivity index (χ0v) is 15.9. The van der Waals surface area contributed by atoms with Crippen molar-refractivity contribution in [2.75, 3.05) is 4.72 Å². The van der Waals surface area contributed by atoms with E-state index in [1.165, 1.54) is 42.5 Å². The first-order chi connectivity index (χ1) is 13.1. The Hall–Kier alpha value is -2.70. The molecule has 0 aliphatic heterocycles. The first-order valence-corrected chi connectivity index (χ1v) is 10.9. The maximum Gasteiger partial charge on any atom is 0.302 e. The van der Waals surface area contributed by atoms with Crippen LogP contribution in [-0.4, -0.2) is 31.0 Å². The van der Waals surface area contributed by atoms with Gasteiger partial charge in [0.25, 0.3) is 10.0 Å². The molecule has 0 amide bonds. The molecule has 0 radical (unpaired) electrons. The molecule has 5 N–H and O–H groups in total. The van der Waals surface area contributed by atoms with Crippen molar-refractivity contribution in [3.63, 3.8) is 0 Å². The van der Waals surface area contributed by atoms with Crippen LogP contribution >= 0.6 is 0 Å². The van der Waals surface area contributed by atoms with Crippen LogP contribution in [0.3, 0.4) is 0 Å². The van der Waals surface area contributed by atoms with E-state index in [4.69, 9.17) is 5.14 Å². The van der Waals surface area contributed by atoms with Crippen LogP contribution in [0.25, 0.3) is 11.1 Å². The molecule has 28 heavy (non-hydrogen) atoms. The van der Waals surface area contributed by atoms with Crippen LogP contribution in [0.15, 0.2) is 71.8 Å². The molecule has 1 aromatic heterocycles. The number of hydrogen-bond acceptors (Lipinski definition) is 6. The number of hydrogen-bond donors (Lipinski definition) is 4. The Morgan fingerprint density at radius 3 is 2.04 bits per heavy atom. The molecule has 0 aliphatic carbocycles. The summed E-state index contributed by atoms with van der Waals surface area (Å²) in [6, 6.07) is 15.2. The van der Waals surface area contributed by atoms with Gasteiger partial charge in [0, 0.05) is 17.4 Å². The van der Waals surface area contributed by atoms with E-state index in [1.807, 2.05) is 0 Å². The lowest BCUT2D eigenvalue weighted by Crippen LogP contribution is -2.24. The summed E-state index contributed by atoms with van der Waals surface area (Å²) in [6.07, 6.45) is -0.981. The normalized spacial score (nSPS) is 12.3. The van der Waals surface area contributed by atoms with Gasteiger partial charge in [-0.3, -0.25) is 4.72 Å². The topological polar surface area (TPSA) is 152 Å². The van der Waals surface area contributed by atoms with Crippen molar-refractivity contribution in [3.05, 3.63) is 72.6 Å². The third kappa shape index (κ3) is 4.08. The van der Waals surface area contributed by atoms with Crippen LogP contribution < -0.4 is 9.86 Å². The Kier molecular flexibility index (Phi) is 5.28. The third-order valence-corrected chi connectivity index (χ3v) is 6.17. The number of rotatable bonds is 6. The van der Waals surface area contributed by atoms with Gasteiger partial charge in [-0.1, -0.05) is 30.3 Å². The number of aromatic nitrogens is 1. The molecule has 0 atom stereocenters. The van der Waals surface area contributed by atoms with E-state index in [1.54, 1.807) is 18.2 Å². The number of sulfonamides is 1. The van der Waals surface area contributed by atoms with Gasteiger partial charge in [0.15, 0.2) is 6.29 Å². The number of benzene rings is 2. The summed E-state index contributed by atoms with van der Waals surface area (Å²) in [5.74, 6) is 0. The van der Waals surface area contributed by atoms with Crippen molar-refractivity contribution in [2.45, 2.75) is 11.2 Å². The van der Waals surface area contributed by atoms with Gasteiger partial charge >= 0.3 is 10.2 Å². The highest BCUT2D eigenvalue weighted by Crippen LogP contribution is 2.30. The Labute approximate surface area is 161 Å². The summed E-state index contributed by atoms with van der Waals surface area (Å²) in [5, 5.41) is 24.2. The first kappa shape index (κ1) is 20.0. The summed E-state index contributed by atoms with van der Waals surface area (Å²) in [6.45, 7) is 0. The number of nitrogens with zero attached hydrogens (tertiary/aromatic N) is 1. The molecule has 3 aromatic rings. The van der Waals surface area contributed by atoms with Crippen molar-refractivity contribution < 1.29 is 27.0 Å². The van der Waals surface area contributed by atoms with Crippen LogP contribution in [0.2, 0.25) is 0 Å². The predicted octanol–water partition coefficient (Wildman–Crippen LogP) is 0.991. The number of aliphatic hydroxyl groups excluding tert-OH is 1. The highest BCUT2D eigenvalue weighted by molar-refractivity contribution is 7.92. The van der Waals surface area contributed by atoms with Gasteiger partial charge in [-0.25, -0.2) is 17.5 Å². The molecule has 0 bridgehead atoms. The molecule has 9 nitrogen and oxygen atoms in total. The van der Waals surface area contributed by atoms with Gasteiger partial charge in [-0.2, -0.15) is 8.42 Å². The van der Waals surface area contributed by atoms with E-state index in [0.717, 1.165) is 6.20 Å². The second-order valence-corrected chi connectivity index (χ2v) is 8.93. The van der Waals surface area contributed by atoms with Gasteiger partial charge in [-0.05, 0) is 35.9 Å². The molecule has 3 rings (SSSR count). The van der Waals surface area contributed by atoms with E-state index in [-0.39, 0.29) is 21.8 Å². The molecule has 0 unspecified atom stereocenters. The van der Waals surface area contributed by atoms with E-state index >= 15 is 0 Å². The maximum atomic E-state index is 12.4. The highest BCUT2D eigenvalue weighted by Gasteiger charge is 2.22. The zero-order valence-electron chi connectivity index (χ0n) is 14.3. The molecule has 0 saturated carbocycles. The fourth-order valence-electron chi connectivity index (χ4n) is 2.68. The quantitative estimate of drug-likeness (QED) is 0.434.